The van der Waals surface area contributed by atoms with Crippen LogP contribution in [0.3, 0.4) is 0 Å². The van der Waals surface area contributed by atoms with Gasteiger partial charge in [0.15, 0.2) is 0 Å². The molecule has 604 valence electrons. The van der Waals surface area contributed by atoms with Gasteiger partial charge in [-0.3, -0.25) is 0 Å². The summed E-state index contributed by atoms with van der Waals surface area (Å²) in [6.07, 6.45) is 89.3. The van der Waals surface area contributed by atoms with Crippen LogP contribution in [0.25, 0.3) is 0 Å². The van der Waals surface area contributed by atoms with Crippen molar-refractivity contribution in [2.45, 2.75) is 456 Å². The smallest absolute Gasteiger partial charge is 0.330 e. The van der Waals surface area contributed by atoms with Crippen molar-refractivity contribution in [3.63, 3.8) is 0 Å². The third kappa shape index (κ3) is 56.7. The van der Waals surface area contributed by atoms with Gasteiger partial charge in [-0.15, -0.1) is 0 Å². The Bertz CT molecular complexity index is 1350. The molecule has 0 unspecified atom stereocenters. The summed E-state index contributed by atoms with van der Waals surface area (Å²) in [6.45, 7) is 6.16. The van der Waals surface area contributed by atoms with Gasteiger partial charge >= 0.3 is 5.97 Å². The lowest BCUT2D eigenvalue weighted by molar-refractivity contribution is -0.132. The first-order valence-electron chi connectivity index (χ1n) is 44.3. The molecule has 0 bridgehead atoms. The molecule has 0 aromatic rings. The fraction of sp³-hybridized carbons (Fsp3) is 0.966. The van der Waals surface area contributed by atoms with Crippen LogP contribution < -0.4 is 0 Å². The fourth-order valence-corrected chi connectivity index (χ4v) is 16.3. The maximum Gasteiger partial charge on any atom is 0.330 e. The molecule has 101 heavy (non-hydrogen) atoms. The highest BCUT2D eigenvalue weighted by atomic mass is 16.4. The summed E-state index contributed by atoms with van der Waals surface area (Å²) in [5.41, 5.74) is -0.795. The summed E-state index contributed by atoms with van der Waals surface area (Å²) >= 11 is 0. The van der Waals surface area contributed by atoms with Gasteiger partial charge < -0.3 is 56.2 Å². The summed E-state index contributed by atoms with van der Waals surface area (Å²) in [7, 11) is 0. The molecule has 11 N–H and O–H groups in total. The number of aliphatic hydroxyl groups is 10. The lowest BCUT2D eigenvalue weighted by Crippen LogP contribution is -2.29. The zero-order chi connectivity index (χ0) is 74.2. The van der Waals surface area contributed by atoms with Crippen molar-refractivity contribution in [1.82, 2.24) is 0 Å². The van der Waals surface area contributed by atoms with E-state index in [2.05, 4.69) is 6.58 Å². The molecule has 5 fully saturated rings. The summed E-state index contributed by atoms with van der Waals surface area (Å²) in [5.74, 6) is -0.935. The van der Waals surface area contributed by atoms with Crippen LogP contribution >= 0.6 is 0 Å². The zero-order valence-electron chi connectivity index (χ0n) is 67.1. The van der Waals surface area contributed by atoms with Gasteiger partial charge in [0.2, 0.25) is 0 Å². The van der Waals surface area contributed by atoms with Gasteiger partial charge in [-0.25, -0.2) is 4.79 Å². The van der Waals surface area contributed by atoms with Gasteiger partial charge in [-0.2, -0.15) is 0 Å². The van der Waals surface area contributed by atoms with E-state index in [1.165, 1.54) is 392 Å². The lowest BCUT2D eigenvalue weighted by Gasteiger charge is -2.30. The monoisotopic (exact) mass is 1440 g/mol. The Morgan fingerprint density at radius 1 is 0.188 bits per heavy atom. The van der Waals surface area contributed by atoms with Gasteiger partial charge in [-0.05, 0) is 71.1 Å². The molecular formula is C89H176O12. The first-order valence-corrected chi connectivity index (χ1v) is 44.3. The van der Waals surface area contributed by atoms with E-state index in [9.17, 15) is 55.9 Å². The molecule has 0 amide bonds. The van der Waals surface area contributed by atoms with Crippen molar-refractivity contribution in [2.24, 2.45) is 27.1 Å². The molecule has 5 aliphatic carbocycles. The molecule has 0 saturated heterocycles. The third-order valence-corrected chi connectivity index (χ3v) is 24.5. The van der Waals surface area contributed by atoms with E-state index in [1.54, 1.807) is 0 Å². The first-order chi connectivity index (χ1) is 49.3. The highest BCUT2D eigenvalue weighted by molar-refractivity contribution is 5.84. The summed E-state index contributed by atoms with van der Waals surface area (Å²) in [5, 5.41) is 104. The molecule has 12 heteroatoms. The highest BCUT2D eigenvalue weighted by Gasteiger charge is 2.32. The van der Waals surface area contributed by atoms with Crippen LogP contribution in [0.5, 0.6) is 0 Å². The van der Waals surface area contributed by atoms with Gasteiger partial charge in [0, 0.05) is 32.6 Å². The van der Waals surface area contributed by atoms with Crippen LogP contribution in [-0.2, 0) is 4.79 Å². The summed E-state index contributed by atoms with van der Waals surface area (Å²) in [6, 6.07) is 0. The Morgan fingerprint density at radius 2 is 0.248 bits per heavy atom. The van der Waals surface area contributed by atoms with E-state index in [4.69, 9.17) is 5.11 Å². The van der Waals surface area contributed by atoms with Gasteiger partial charge in [0.25, 0.3) is 0 Å². The largest absolute Gasteiger partial charge is 0.478 e. The van der Waals surface area contributed by atoms with Crippen LogP contribution in [0.4, 0.5) is 0 Å². The minimum Gasteiger partial charge on any atom is -0.478 e. The molecule has 0 radical (unpaired) electrons. The Morgan fingerprint density at radius 3 is 0.297 bits per heavy atom. The molecular weight excluding hydrogens is 1260 g/mol. The molecule has 0 heterocycles. The molecule has 12 nitrogen and oxygen atoms in total. The van der Waals surface area contributed by atoms with E-state index in [-0.39, 0.29) is 98.7 Å². The van der Waals surface area contributed by atoms with Gasteiger partial charge in [0.1, 0.15) is 0 Å². The van der Waals surface area contributed by atoms with Crippen LogP contribution in [-0.4, -0.2) is 128 Å². The van der Waals surface area contributed by atoms with Gasteiger partial charge in [-0.1, -0.05) is 392 Å². The SMILES string of the molecule is C=C(C)C(=O)O.OCC1(CO)CCCCCCCCCCCCCC1.OCC1(CO)CCCCCCCCCCCCCC1.OCC1(CO)CCCCCCCCCCCCCC1.OCC1(CO)CCCCCCCCCCCCCC1.OCC1(CO)CCCCCCCCCCCCCC1. The topological polar surface area (TPSA) is 240 Å². The molecule has 0 atom stereocenters. The Balaban J connectivity index is 0.00000121. The predicted molar refractivity (Wildman–Crippen MR) is 429 cm³/mol. The number of aliphatic carboxylic acids is 1. The number of hydrogen-bond donors (Lipinski definition) is 11. The Kier molecular flexibility index (Phi) is 70.9. The number of rotatable bonds is 11. The maximum atomic E-state index is 9.63. The van der Waals surface area contributed by atoms with Crippen LogP contribution in [0.1, 0.15) is 456 Å². The quantitative estimate of drug-likeness (QED) is 0.0867. The van der Waals surface area contributed by atoms with E-state index in [0.29, 0.717) is 0 Å². The molecule has 0 aromatic carbocycles. The van der Waals surface area contributed by atoms with Crippen LogP contribution in [0, 0.1) is 27.1 Å². The fourth-order valence-electron chi connectivity index (χ4n) is 16.3. The number of hydrogen-bond acceptors (Lipinski definition) is 11. The second-order valence-corrected chi connectivity index (χ2v) is 33.9. The average Bonchev–Trinajstić information content (AvgIpc) is 1.07. The zero-order valence-corrected chi connectivity index (χ0v) is 67.1. The average molecular weight is 1440 g/mol. The normalized spacial score (nSPS) is 23.3. The summed E-state index contributed by atoms with van der Waals surface area (Å²) < 4.78 is 0. The molecule has 0 aromatic heterocycles. The first kappa shape index (κ1) is 99.8. The molecule has 5 rings (SSSR count). The van der Waals surface area contributed by atoms with Crippen LogP contribution in [0.2, 0.25) is 0 Å². The van der Waals surface area contributed by atoms with Crippen molar-refractivity contribution in [3.05, 3.63) is 12.2 Å². The number of carboxylic acid groups (broad SMARTS) is 1. The van der Waals surface area contributed by atoms with Crippen molar-refractivity contribution in [1.29, 1.82) is 0 Å². The minimum absolute atomic E-state index is 0.156. The van der Waals surface area contributed by atoms with E-state index >= 15 is 0 Å². The standard InChI is InChI=1S/5C17H34O2.C4H6O2/c5*18-15-17(16-19)13-11-9-7-5-3-1-2-4-6-8-10-12-14-17;1-3(2)4(5)6/h5*18-19H,1-16H2;1H2,2H3,(H,5,6). The molecule has 0 spiro atoms. The van der Waals surface area contributed by atoms with Crippen molar-refractivity contribution >= 4 is 5.97 Å². The Labute approximate surface area is 625 Å². The molecule has 5 aliphatic rings. The number of carbonyl (C=O) groups is 1. The number of aliphatic hydroxyl groups excluding tert-OH is 10. The van der Waals surface area contributed by atoms with Crippen LogP contribution in [0.15, 0.2) is 12.2 Å². The van der Waals surface area contributed by atoms with Crippen molar-refractivity contribution < 1.29 is 61.0 Å². The molecule has 5 saturated carbocycles. The second kappa shape index (κ2) is 71.7. The van der Waals surface area contributed by atoms with E-state index < -0.39 is 5.97 Å². The van der Waals surface area contributed by atoms with Gasteiger partial charge in [0.05, 0.1) is 66.1 Å². The Hall–Kier alpha value is -1.19. The van der Waals surface area contributed by atoms with Crippen molar-refractivity contribution in [3.8, 4) is 0 Å². The van der Waals surface area contributed by atoms with E-state index in [1.807, 2.05) is 0 Å². The predicted octanol–water partition coefficient (Wildman–Crippen LogP) is 22.8. The van der Waals surface area contributed by atoms with E-state index in [0.717, 1.165) is 64.2 Å². The second-order valence-electron chi connectivity index (χ2n) is 33.9. The minimum atomic E-state index is -0.935. The maximum absolute atomic E-state index is 9.63. The third-order valence-electron chi connectivity index (χ3n) is 24.5. The lowest BCUT2D eigenvalue weighted by atomic mass is 9.79. The molecule has 0 aliphatic heterocycles. The highest BCUT2D eigenvalue weighted by Crippen LogP contribution is 2.37. The number of carboxylic acids is 1. The summed E-state index contributed by atoms with van der Waals surface area (Å²) in [4.78, 5) is 9.60. The van der Waals surface area contributed by atoms with Crippen molar-refractivity contribution in [2.75, 3.05) is 66.1 Å².